The van der Waals surface area contributed by atoms with Gasteiger partial charge in [0.2, 0.25) is 0 Å². The van der Waals surface area contributed by atoms with Crippen LogP contribution in [0.25, 0.3) is 0 Å². The number of carbonyl (C=O) groups is 1. The molecule has 18 heavy (non-hydrogen) atoms. The number of carbonyl (C=O) groups excluding carboxylic acids is 1. The smallest absolute Gasteiger partial charge is 0.317 e. The van der Waals surface area contributed by atoms with E-state index in [0.29, 0.717) is 5.92 Å². The van der Waals surface area contributed by atoms with Gasteiger partial charge in [0.1, 0.15) is 0 Å². The van der Waals surface area contributed by atoms with E-state index >= 15 is 0 Å². The molecule has 0 saturated heterocycles. The Labute approximate surface area is 109 Å². The molecule has 0 saturated carbocycles. The molecule has 0 fully saturated rings. The highest BCUT2D eigenvalue weighted by atomic mass is 16.2. The summed E-state index contributed by atoms with van der Waals surface area (Å²) in [4.78, 5) is 13.5. The van der Waals surface area contributed by atoms with Crippen LogP contribution in [-0.2, 0) is 13.0 Å². The van der Waals surface area contributed by atoms with Crippen LogP contribution < -0.4 is 5.32 Å². The van der Waals surface area contributed by atoms with Gasteiger partial charge in [0.05, 0.1) is 0 Å². The monoisotopic (exact) mass is 246 g/mol. The van der Waals surface area contributed by atoms with Crippen molar-refractivity contribution in [1.82, 2.24) is 10.2 Å². The molecule has 0 radical (unpaired) electrons. The van der Waals surface area contributed by atoms with Gasteiger partial charge >= 0.3 is 6.03 Å². The minimum absolute atomic E-state index is 0.0200. The van der Waals surface area contributed by atoms with Crippen molar-refractivity contribution in [2.75, 3.05) is 13.6 Å². The summed E-state index contributed by atoms with van der Waals surface area (Å²) in [5.41, 5.74) is 4.12. The van der Waals surface area contributed by atoms with Crippen molar-refractivity contribution in [3.63, 3.8) is 0 Å². The van der Waals surface area contributed by atoms with E-state index in [0.717, 1.165) is 19.5 Å². The summed E-state index contributed by atoms with van der Waals surface area (Å²) < 4.78 is 0. The minimum atomic E-state index is 0.0200. The summed E-state index contributed by atoms with van der Waals surface area (Å²) in [6.45, 7) is 6.03. The predicted octanol–water partition coefficient (Wildman–Crippen LogP) is 2.90. The first-order chi connectivity index (χ1) is 8.65. The molecule has 2 amide bonds. The zero-order valence-corrected chi connectivity index (χ0v) is 11.5. The molecule has 0 spiro atoms. The van der Waals surface area contributed by atoms with Crippen LogP contribution in [0.5, 0.6) is 0 Å². The van der Waals surface area contributed by atoms with Crippen molar-refractivity contribution in [3.05, 3.63) is 34.9 Å². The van der Waals surface area contributed by atoms with Crippen LogP contribution in [0.2, 0.25) is 0 Å². The molecule has 1 aliphatic heterocycles. The zero-order chi connectivity index (χ0) is 13.1. The van der Waals surface area contributed by atoms with E-state index < -0.39 is 0 Å². The Balaban J connectivity index is 2.18. The Morgan fingerprint density at radius 2 is 2.22 bits per heavy atom. The second-order valence-electron chi connectivity index (χ2n) is 5.06. The molecular formula is C15H22N2O. The summed E-state index contributed by atoms with van der Waals surface area (Å²) >= 11 is 0. The van der Waals surface area contributed by atoms with E-state index in [-0.39, 0.29) is 6.03 Å². The number of rotatable bonds is 2. The van der Waals surface area contributed by atoms with Gasteiger partial charge in [-0.15, -0.1) is 0 Å². The van der Waals surface area contributed by atoms with Crippen LogP contribution in [0.4, 0.5) is 4.79 Å². The Bertz CT molecular complexity index is 442. The molecule has 1 aliphatic rings. The lowest BCUT2D eigenvalue weighted by Gasteiger charge is -2.29. The van der Waals surface area contributed by atoms with Gasteiger partial charge in [-0.3, -0.25) is 0 Å². The van der Waals surface area contributed by atoms with Gasteiger partial charge in [0.25, 0.3) is 0 Å². The second kappa shape index (κ2) is 5.42. The van der Waals surface area contributed by atoms with Gasteiger partial charge in [0.15, 0.2) is 0 Å². The molecule has 98 valence electrons. The van der Waals surface area contributed by atoms with Crippen molar-refractivity contribution in [3.8, 4) is 0 Å². The molecule has 1 N–H and O–H groups in total. The quantitative estimate of drug-likeness (QED) is 0.855. The Morgan fingerprint density at radius 3 is 2.89 bits per heavy atom. The first-order valence-electron chi connectivity index (χ1n) is 6.74. The standard InChI is InChI=1S/C15H22N2O/c1-4-11(2)12-5-6-14-10-17(15(18)16-3)8-7-13(14)9-12/h5-6,9,11H,4,7-8,10H2,1-3H3,(H,16,18). The van der Waals surface area contributed by atoms with Gasteiger partial charge in [0, 0.05) is 20.1 Å². The molecule has 1 unspecified atom stereocenters. The lowest BCUT2D eigenvalue weighted by atomic mass is 9.91. The van der Waals surface area contributed by atoms with E-state index in [4.69, 9.17) is 0 Å². The lowest BCUT2D eigenvalue weighted by molar-refractivity contribution is 0.194. The highest BCUT2D eigenvalue weighted by Crippen LogP contribution is 2.25. The van der Waals surface area contributed by atoms with E-state index in [1.165, 1.54) is 23.1 Å². The average molecular weight is 246 g/mol. The normalized spacial score (nSPS) is 16.1. The number of hydrogen-bond donors (Lipinski definition) is 1. The highest BCUT2D eigenvalue weighted by molar-refractivity contribution is 5.74. The molecule has 2 rings (SSSR count). The Kier molecular flexibility index (Phi) is 3.90. The molecule has 1 heterocycles. The highest BCUT2D eigenvalue weighted by Gasteiger charge is 2.20. The van der Waals surface area contributed by atoms with Gasteiger partial charge in [-0.1, -0.05) is 32.0 Å². The average Bonchev–Trinajstić information content (AvgIpc) is 2.44. The number of nitrogens with one attached hydrogen (secondary N) is 1. The summed E-state index contributed by atoms with van der Waals surface area (Å²) in [5.74, 6) is 0.618. The van der Waals surface area contributed by atoms with Crippen molar-refractivity contribution in [2.24, 2.45) is 0 Å². The number of nitrogens with zero attached hydrogens (tertiary/aromatic N) is 1. The fraction of sp³-hybridized carbons (Fsp3) is 0.533. The number of fused-ring (bicyclic) bond motifs is 1. The van der Waals surface area contributed by atoms with Gasteiger partial charge in [-0.05, 0) is 35.4 Å². The van der Waals surface area contributed by atoms with E-state index in [9.17, 15) is 4.79 Å². The van der Waals surface area contributed by atoms with E-state index in [2.05, 4.69) is 37.4 Å². The topological polar surface area (TPSA) is 32.3 Å². The fourth-order valence-corrected chi connectivity index (χ4v) is 2.45. The third-order valence-electron chi connectivity index (χ3n) is 3.93. The third kappa shape index (κ3) is 2.50. The molecule has 0 aliphatic carbocycles. The maximum absolute atomic E-state index is 11.6. The van der Waals surface area contributed by atoms with Crippen LogP contribution in [0, 0.1) is 0 Å². The summed E-state index contributed by atoms with van der Waals surface area (Å²) in [7, 11) is 1.68. The molecule has 0 bridgehead atoms. The summed E-state index contributed by atoms with van der Waals surface area (Å²) in [6.07, 6.45) is 2.14. The van der Waals surface area contributed by atoms with Crippen LogP contribution >= 0.6 is 0 Å². The molecule has 0 aromatic heterocycles. The lowest BCUT2D eigenvalue weighted by Crippen LogP contribution is -2.41. The van der Waals surface area contributed by atoms with Crippen molar-refractivity contribution >= 4 is 6.03 Å². The summed E-state index contributed by atoms with van der Waals surface area (Å²) in [5, 5.41) is 2.69. The van der Waals surface area contributed by atoms with Gasteiger partial charge < -0.3 is 10.2 Å². The number of amides is 2. The van der Waals surface area contributed by atoms with Crippen LogP contribution in [0.3, 0.4) is 0 Å². The fourth-order valence-electron chi connectivity index (χ4n) is 2.45. The second-order valence-corrected chi connectivity index (χ2v) is 5.06. The maximum atomic E-state index is 11.6. The number of urea groups is 1. The Hall–Kier alpha value is -1.51. The molecule has 3 heteroatoms. The first kappa shape index (κ1) is 12.9. The van der Waals surface area contributed by atoms with Crippen LogP contribution in [0.1, 0.15) is 42.9 Å². The molecule has 1 aromatic rings. The van der Waals surface area contributed by atoms with Crippen molar-refractivity contribution < 1.29 is 4.79 Å². The van der Waals surface area contributed by atoms with Crippen molar-refractivity contribution in [1.29, 1.82) is 0 Å². The van der Waals surface area contributed by atoms with Crippen LogP contribution in [-0.4, -0.2) is 24.5 Å². The predicted molar refractivity (Wildman–Crippen MR) is 73.7 cm³/mol. The SMILES string of the molecule is CCC(C)c1ccc2c(c1)CCN(C(=O)NC)C2. The molecule has 1 aromatic carbocycles. The number of hydrogen-bond acceptors (Lipinski definition) is 1. The zero-order valence-electron chi connectivity index (χ0n) is 11.5. The van der Waals surface area contributed by atoms with Crippen LogP contribution in [0.15, 0.2) is 18.2 Å². The van der Waals surface area contributed by atoms with Crippen molar-refractivity contribution in [2.45, 2.75) is 39.2 Å². The van der Waals surface area contributed by atoms with E-state index in [1.807, 2.05) is 4.90 Å². The largest absolute Gasteiger partial charge is 0.341 e. The van der Waals surface area contributed by atoms with Gasteiger partial charge in [-0.25, -0.2) is 4.79 Å². The maximum Gasteiger partial charge on any atom is 0.317 e. The number of benzene rings is 1. The first-order valence-corrected chi connectivity index (χ1v) is 6.74. The third-order valence-corrected chi connectivity index (χ3v) is 3.93. The molecule has 1 atom stereocenters. The minimum Gasteiger partial charge on any atom is -0.341 e. The summed E-state index contributed by atoms with van der Waals surface area (Å²) in [6, 6.07) is 6.74. The molecular weight excluding hydrogens is 224 g/mol. The molecule has 3 nitrogen and oxygen atoms in total. The van der Waals surface area contributed by atoms with E-state index in [1.54, 1.807) is 7.05 Å². The van der Waals surface area contributed by atoms with Gasteiger partial charge in [-0.2, -0.15) is 0 Å². The Morgan fingerprint density at radius 1 is 1.44 bits per heavy atom.